The summed E-state index contributed by atoms with van der Waals surface area (Å²) in [6.07, 6.45) is 6.06. The number of carbonyl (C=O) groups excluding carboxylic acids is 1. The van der Waals surface area contributed by atoms with Gasteiger partial charge >= 0.3 is 0 Å². The van der Waals surface area contributed by atoms with Crippen LogP contribution in [0.15, 0.2) is 0 Å². The second-order valence-electron chi connectivity index (χ2n) is 4.40. The number of rotatable bonds is 1. The average Bonchev–Trinajstić information content (AvgIpc) is 2.16. The molecule has 2 atom stereocenters. The van der Waals surface area contributed by atoms with E-state index >= 15 is 0 Å². The predicted molar refractivity (Wildman–Crippen MR) is 49.2 cm³/mol. The van der Waals surface area contributed by atoms with Crippen LogP contribution in [0.1, 0.15) is 32.1 Å². The smallest absolute Gasteiger partial charge is 0.209 e. The molecule has 1 N–H and O–H groups in total. The first kappa shape index (κ1) is 9.00. The Kier molecular flexibility index (Phi) is 2.28. The highest BCUT2D eigenvalue weighted by Gasteiger charge is 2.42. The number of hydrogen-bond donors (Lipinski definition) is 1. The number of amides is 1. The van der Waals surface area contributed by atoms with Crippen molar-refractivity contribution in [1.82, 2.24) is 4.90 Å². The SMILES string of the molecule is O=CN1CCC2(O)CCCCC2C1. The van der Waals surface area contributed by atoms with Crippen molar-refractivity contribution in [3.8, 4) is 0 Å². The van der Waals surface area contributed by atoms with E-state index in [4.69, 9.17) is 0 Å². The summed E-state index contributed by atoms with van der Waals surface area (Å²) in [6.45, 7) is 1.50. The fraction of sp³-hybridized carbons (Fsp3) is 0.900. The topological polar surface area (TPSA) is 40.5 Å². The summed E-state index contributed by atoms with van der Waals surface area (Å²) in [5, 5.41) is 10.3. The van der Waals surface area contributed by atoms with Crippen LogP contribution in [0.3, 0.4) is 0 Å². The Morgan fingerprint density at radius 1 is 1.38 bits per heavy atom. The van der Waals surface area contributed by atoms with Crippen molar-refractivity contribution in [2.45, 2.75) is 37.7 Å². The van der Waals surface area contributed by atoms with Crippen molar-refractivity contribution in [3.05, 3.63) is 0 Å². The van der Waals surface area contributed by atoms with Crippen LogP contribution in [-0.2, 0) is 4.79 Å². The summed E-state index contributed by atoms with van der Waals surface area (Å²) in [7, 11) is 0. The molecule has 0 spiro atoms. The average molecular weight is 183 g/mol. The molecule has 1 amide bonds. The third-order valence-corrected chi connectivity index (χ3v) is 3.61. The zero-order valence-electron chi connectivity index (χ0n) is 7.91. The lowest BCUT2D eigenvalue weighted by Crippen LogP contribution is -2.52. The molecule has 13 heavy (non-hydrogen) atoms. The Morgan fingerprint density at radius 3 is 3.00 bits per heavy atom. The summed E-state index contributed by atoms with van der Waals surface area (Å²) >= 11 is 0. The van der Waals surface area contributed by atoms with Gasteiger partial charge in [-0.3, -0.25) is 4.79 Å². The molecule has 1 aliphatic heterocycles. The number of hydrogen-bond acceptors (Lipinski definition) is 2. The number of nitrogens with zero attached hydrogens (tertiary/aromatic N) is 1. The molecular weight excluding hydrogens is 166 g/mol. The highest BCUT2D eigenvalue weighted by atomic mass is 16.3. The Balaban J connectivity index is 2.05. The van der Waals surface area contributed by atoms with E-state index in [0.29, 0.717) is 5.92 Å². The molecule has 1 heterocycles. The molecular formula is C10H17NO2. The van der Waals surface area contributed by atoms with Gasteiger partial charge in [0.05, 0.1) is 5.60 Å². The van der Waals surface area contributed by atoms with E-state index in [0.717, 1.165) is 45.2 Å². The summed E-state index contributed by atoms with van der Waals surface area (Å²) in [6, 6.07) is 0. The van der Waals surface area contributed by atoms with Crippen LogP contribution < -0.4 is 0 Å². The molecule has 2 aliphatic rings. The van der Waals surface area contributed by atoms with E-state index in [-0.39, 0.29) is 0 Å². The minimum atomic E-state index is -0.447. The Hall–Kier alpha value is -0.570. The molecule has 0 aromatic carbocycles. The van der Waals surface area contributed by atoms with Crippen LogP contribution >= 0.6 is 0 Å². The van der Waals surface area contributed by atoms with E-state index in [1.807, 2.05) is 0 Å². The molecule has 0 aromatic rings. The van der Waals surface area contributed by atoms with Crippen LogP contribution in [0.2, 0.25) is 0 Å². The lowest BCUT2D eigenvalue weighted by atomic mass is 9.71. The van der Waals surface area contributed by atoms with Gasteiger partial charge in [0.15, 0.2) is 0 Å². The Labute approximate surface area is 78.7 Å². The standard InChI is InChI=1S/C10H17NO2/c12-8-11-6-5-10(13)4-2-1-3-9(10)7-11/h8-9,13H,1-7H2. The van der Waals surface area contributed by atoms with Crippen LogP contribution in [0.4, 0.5) is 0 Å². The van der Waals surface area contributed by atoms with Gasteiger partial charge in [0.25, 0.3) is 0 Å². The quantitative estimate of drug-likeness (QED) is 0.610. The van der Waals surface area contributed by atoms with Crippen molar-refractivity contribution in [1.29, 1.82) is 0 Å². The summed E-state index contributed by atoms with van der Waals surface area (Å²) in [5.41, 5.74) is -0.447. The minimum absolute atomic E-state index is 0.334. The molecule has 0 bridgehead atoms. The fourth-order valence-corrected chi connectivity index (χ4v) is 2.69. The summed E-state index contributed by atoms with van der Waals surface area (Å²) in [4.78, 5) is 12.4. The molecule has 2 fully saturated rings. The number of likely N-dealkylation sites (tertiary alicyclic amines) is 1. The zero-order chi connectivity index (χ0) is 9.31. The highest BCUT2D eigenvalue weighted by Crippen LogP contribution is 2.39. The van der Waals surface area contributed by atoms with Gasteiger partial charge in [-0.25, -0.2) is 0 Å². The van der Waals surface area contributed by atoms with Gasteiger partial charge < -0.3 is 10.0 Å². The Morgan fingerprint density at radius 2 is 2.23 bits per heavy atom. The van der Waals surface area contributed by atoms with E-state index in [9.17, 15) is 9.90 Å². The van der Waals surface area contributed by atoms with Gasteiger partial charge in [0.2, 0.25) is 6.41 Å². The third-order valence-electron chi connectivity index (χ3n) is 3.61. The molecule has 74 valence electrons. The van der Waals surface area contributed by atoms with Crippen molar-refractivity contribution in [2.75, 3.05) is 13.1 Å². The molecule has 3 nitrogen and oxygen atoms in total. The molecule has 0 radical (unpaired) electrons. The minimum Gasteiger partial charge on any atom is -0.389 e. The van der Waals surface area contributed by atoms with Gasteiger partial charge in [-0.15, -0.1) is 0 Å². The van der Waals surface area contributed by atoms with Gasteiger partial charge in [-0.1, -0.05) is 12.8 Å². The van der Waals surface area contributed by atoms with E-state index < -0.39 is 5.60 Å². The monoisotopic (exact) mass is 183 g/mol. The maximum atomic E-state index is 10.6. The largest absolute Gasteiger partial charge is 0.389 e. The molecule has 0 aromatic heterocycles. The first-order valence-corrected chi connectivity index (χ1v) is 5.16. The first-order chi connectivity index (χ1) is 6.24. The van der Waals surface area contributed by atoms with E-state index in [1.165, 1.54) is 6.42 Å². The molecule has 2 rings (SSSR count). The number of fused-ring (bicyclic) bond motifs is 1. The summed E-state index contributed by atoms with van der Waals surface area (Å²) < 4.78 is 0. The molecule has 3 heteroatoms. The number of piperidine rings is 1. The second-order valence-corrected chi connectivity index (χ2v) is 4.40. The zero-order valence-corrected chi connectivity index (χ0v) is 7.91. The molecule has 1 saturated carbocycles. The lowest BCUT2D eigenvalue weighted by molar-refractivity contribution is -0.131. The van der Waals surface area contributed by atoms with Crippen molar-refractivity contribution >= 4 is 6.41 Å². The predicted octanol–water partition coefficient (Wildman–Crippen LogP) is 0.770. The number of aliphatic hydroxyl groups is 1. The fourth-order valence-electron chi connectivity index (χ4n) is 2.69. The third kappa shape index (κ3) is 1.57. The van der Waals surface area contributed by atoms with Crippen LogP contribution in [0.5, 0.6) is 0 Å². The molecule has 2 unspecified atom stereocenters. The van der Waals surface area contributed by atoms with E-state index in [2.05, 4.69) is 0 Å². The second kappa shape index (κ2) is 3.29. The molecule has 1 saturated heterocycles. The van der Waals surface area contributed by atoms with Crippen molar-refractivity contribution in [2.24, 2.45) is 5.92 Å². The van der Waals surface area contributed by atoms with Gasteiger partial charge in [-0.2, -0.15) is 0 Å². The highest BCUT2D eigenvalue weighted by molar-refractivity contribution is 5.47. The van der Waals surface area contributed by atoms with Gasteiger partial charge in [0.1, 0.15) is 0 Å². The maximum absolute atomic E-state index is 10.6. The number of carbonyl (C=O) groups is 1. The normalized spacial score (nSPS) is 39.8. The Bertz CT molecular complexity index is 207. The van der Waals surface area contributed by atoms with Crippen molar-refractivity contribution in [3.63, 3.8) is 0 Å². The van der Waals surface area contributed by atoms with E-state index in [1.54, 1.807) is 4.90 Å². The lowest BCUT2D eigenvalue weighted by Gasteiger charge is -2.46. The van der Waals surface area contributed by atoms with Crippen LogP contribution in [-0.4, -0.2) is 35.1 Å². The van der Waals surface area contributed by atoms with Gasteiger partial charge in [0, 0.05) is 19.0 Å². The maximum Gasteiger partial charge on any atom is 0.209 e. The van der Waals surface area contributed by atoms with Crippen LogP contribution in [0.25, 0.3) is 0 Å². The van der Waals surface area contributed by atoms with Crippen LogP contribution in [0, 0.1) is 5.92 Å². The van der Waals surface area contributed by atoms with Gasteiger partial charge in [-0.05, 0) is 19.3 Å². The molecule has 1 aliphatic carbocycles. The van der Waals surface area contributed by atoms with Crippen molar-refractivity contribution < 1.29 is 9.90 Å². The first-order valence-electron chi connectivity index (χ1n) is 5.16. The summed E-state index contributed by atoms with van der Waals surface area (Å²) in [5.74, 6) is 0.334.